The molecule has 0 unspecified atom stereocenters. The van der Waals surface area contributed by atoms with Gasteiger partial charge in [-0.2, -0.15) is 0 Å². The Morgan fingerprint density at radius 3 is 2.46 bits per heavy atom. The number of hydrogen-bond acceptors (Lipinski definition) is 1. The fourth-order valence-corrected chi connectivity index (χ4v) is 1.01. The average Bonchev–Trinajstić information content (AvgIpc) is 2.19. The van der Waals surface area contributed by atoms with Gasteiger partial charge in [0.2, 0.25) is 0 Å². The molecule has 0 N–H and O–H groups in total. The van der Waals surface area contributed by atoms with Gasteiger partial charge in [-0.05, 0) is 19.4 Å². The van der Waals surface area contributed by atoms with Crippen molar-refractivity contribution in [3.05, 3.63) is 47.5 Å². The number of carbonyl (C=O) groups excluding carboxylic acids is 1. The molecule has 13 heavy (non-hydrogen) atoms. The van der Waals surface area contributed by atoms with Gasteiger partial charge in [0.1, 0.15) is 0 Å². The van der Waals surface area contributed by atoms with E-state index < -0.39 is 0 Å². The van der Waals surface area contributed by atoms with Crippen molar-refractivity contribution < 1.29 is 4.79 Å². The summed E-state index contributed by atoms with van der Waals surface area (Å²) in [5.41, 5.74) is 1.88. The van der Waals surface area contributed by atoms with E-state index in [2.05, 4.69) is 0 Å². The Labute approximate surface area is 79.1 Å². The lowest BCUT2D eigenvalue weighted by molar-refractivity contribution is 0.104. The molecule has 68 valence electrons. The fraction of sp³-hybridized carbons (Fsp3) is 0.250. The van der Waals surface area contributed by atoms with E-state index in [1.807, 2.05) is 44.2 Å². The van der Waals surface area contributed by atoms with Gasteiger partial charge in [-0.1, -0.05) is 42.8 Å². The first-order valence-electron chi connectivity index (χ1n) is 4.50. The molecule has 0 amide bonds. The molecule has 0 aliphatic heterocycles. The molecule has 0 bridgehead atoms. The Balaban J connectivity index is 2.81. The van der Waals surface area contributed by atoms with E-state index in [1.54, 1.807) is 6.08 Å². The molecular weight excluding hydrogens is 160 g/mol. The SMILES string of the molecule is CCC(C)=CC(=O)c1ccccc1. The molecule has 0 fully saturated rings. The predicted octanol–water partition coefficient (Wildman–Crippen LogP) is 3.23. The molecule has 1 nitrogen and oxygen atoms in total. The predicted molar refractivity (Wildman–Crippen MR) is 54.8 cm³/mol. The number of hydrogen-bond donors (Lipinski definition) is 0. The minimum atomic E-state index is 0.0972. The summed E-state index contributed by atoms with van der Waals surface area (Å²) < 4.78 is 0. The van der Waals surface area contributed by atoms with Crippen LogP contribution in [0.2, 0.25) is 0 Å². The van der Waals surface area contributed by atoms with Crippen molar-refractivity contribution in [2.75, 3.05) is 0 Å². The standard InChI is InChI=1S/C12H14O/c1-3-10(2)9-12(13)11-7-5-4-6-8-11/h4-9H,3H2,1-2H3. The van der Waals surface area contributed by atoms with E-state index in [0.717, 1.165) is 17.6 Å². The summed E-state index contributed by atoms with van der Waals surface area (Å²) in [7, 11) is 0. The molecule has 0 aromatic heterocycles. The minimum absolute atomic E-state index is 0.0972. The second-order valence-electron chi connectivity index (χ2n) is 3.07. The third kappa shape index (κ3) is 2.86. The van der Waals surface area contributed by atoms with Crippen molar-refractivity contribution in [3.63, 3.8) is 0 Å². The zero-order chi connectivity index (χ0) is 9.68. The van der Waals surface area contributed by atoms with Crippen LogP contribution in [0.1, 0.15) is 30.6 Å². The van der Waals surface area contributed by atoms with E-state index in [1.165, 1.54) is 0 Å². The minimum Gasteiger partial charge on any atom is -0.289 e. The van der Waals surface area contributed by atoms with Crippen LogP contribution in [0, 0.1) is 0 Å². The van der Waals surface area contributed by atoms with Gasteiger partial charge in [0.05, 0.1) is 0 Å². The maximum Gasteiger partial charge on any atom is 0.185 e. The van der Waals surface area contributed by atoms with Crippen LogP contribution < -0.4 is 0 Å². The van der Waals surface area contributed by atoms with E-state index in [-0.39, 0.29) is 5.78 Å². The number of benzene rings is 1. The van der Waals surface area contributed by atoms with Gasteiger partial charge in [0.25, 0.3) is 0 Å². The van der Waals surface area contributed by atoms with E-state index in [0.29, 0.717) is 0 Å². The molecule has 0 heterocycles. The van der Waals surface area contributed by atoms with Gasteiger partial charge in [-0.25, -0.2) is 0 Å². The first kappa shape index (κ1) is 9.72. The second-order valence-corrected chi connectivity index (χ2v) is 3.07. The summed E-state index contributed by atoms with van der Waals surface area (Å²) >= 11 is 0. The smallest absolute Gasteiger partial charge is 0.185 e. The monoisotopic (exact) mass is 174 g/mol. The molecule has 1 aromatic carbocycles. The first-order valence-corrected chi connectivity index (χ1v) is 4.50. The Kier molecular flexibility index (Phi) is 3.44. The topological polar surface area (TPSA) is 17.1 Å². The van der Waals surface area contributed by atoms with Crippen molar-refractivity contribution >= 4 is 5.78 Å². The highest BCUT2D eigenvalue weighted by atomic mass is 16.1. The van der Waals surface area contributed by atoms with Crippen LogP contribution >= 0.6 is 0 Å². The third-order valence-electron chi connectivity index (χ3n) is 1.99. The fourth-order valence-electron chi connectivity index (χ4n) is 1.01. The Bertz CT molecular complexity index is 309. The second kappa shape index (κ2) is 4.61. The van der Waals surface area contributed by atoms with Crippen LogP contribution in [0.3, 0.4) is 0 Å². The van der Waals surface area contributed by atoms with E-state index in [4.69, 9.17) is 0 Å². The number of carbonyl (C=O) groups is 1. The Morgan fingerprint density at radius 2 is 1.92 bits per heavy atom. The molecule has 1 heteroatoms. The molecule has 1 rings (SSSR count). The van der Waals surface area contributed by atoms with Crippen molar-refractivity contribution in [1.29, 1.82) is 0 Å². The van der Waals surface area contributed by atoms with Gasteiger partial charge < -0.3 is 0 Å². The lowest BCUT2D eigenvalue weighted by Crippen LogP contribution is -1.94. The molecule has 0 saturated heterocycles. The van der Waals surface area contributed by atoms with Crippen LogP contribution in [0.25, 0.3) is 0 Å². The number of rotatable bonds is 3. The van der Waals surface area contributed by atoms with Crippen LogP contribution in [0.15, 0.2) is 42.0 Å². The molecule has 1 aromatic rings. The van der Waals surface area contributed by atoms with Gasteiger partial charge in [-0.3, -0.25) is 4.79 Å². The van der Waals surface area contributed by atoms with Crippen LogP contribution in [-0.2, 0) is 0 Å². The van der Waals surface area contributed by atoms with E-state index in [9.17, 15) is 4.79 Å². The van der Waals surface area contributed by atoms with Crippen molar-refractivity contribution in [1.82, 2.24) is 0 Å². The van der Waals surface area contributed by atoms with Gasteiger partial charge in [0.15, 0.2) is 5.78 Å². The zero-order valence-corrected chi connectivity index (χ0v) is 8.08. The molecule has 0 radical (unpaired) electrons. The maximum absolute atomic E-state index is 11.5. The molecule has 0 atom stereocenters. The summed E-state index contributed by atoms with van der Waals surface area (Å²) in [5.74, 6) is 0.0972. The summed E-state index contributed by atoms with van der Waals surface area (Å²) in [6, 6.07) is 9.33. The maximum atomic E-state index is 11.5. The van der Waals surface area contributed by atoms with Gasteiger partial charge in [-0.15, -0.1) is 0 Å². The van der Waals surface area contributed by atoms with E-state index >= 15 is 0 Å². The Hall–Kier alpha value is -1.37. The summed E-state index contributed by atoms with van der Waals surface area (Å²) in [6.07, 6.45) is 2.63. The molecule has 0 spiro atoms. The highest BCUT2D eigenvalue weighted by Gasteiger charge is 2.00. The molecule has 0 aliphatic rings. The van der Waals surface area contributed by atoms with Crippen molar-refractivity contribution in [3.8, 4) is 0 Å². The van der Waals surface area contributed by atoms with Crippen molar-refractivity contribution in [2.24, 2.45) is 0 Å². The molecule has 0 saturated carbocycles. The zero-order valence-electron chi connectivity index (χ0n) is 8.08. The number of allylic oxidation sites excluding steroid dienone is 2. The largest absolute Gasteiger partial charge is 0.289 e. The highest BCUT2D eigenvalue weighted by Crippen LogP contribution is 2.05. The van der Waals surface area contributed by atoms with Gasteiger partial charge >= 0.3 is 0 Å². The van der Waals surface area contributed by atoms with Crippen molar-refractivity contribution in [2.45, 2.75) is 20.3 Å². The summed E-state index contributed by atoms with van der Waals surface area (Å²) in [6.45, 7) is 4.02. The summed E-state index contributed by atoms with van der Waals surface area (Å²) in [4.78, 5) is 11.5. The first-order chi connectivity index (χ1) is 6.24. The quantitative estimate of drug-likeness (QED) is 0.508. The Morgan fingerprint density at radius 1 is 1.31 bits per heavy atom. The van der Waals surface area contributed by atoms with Crippen LogP contribution in [-0.4, -0.2) is 5.78 Å². The van der Waals surface area contributed by atoms with Crippen LogP contribution in [0.4, 0.5) is 0 Å². The van der Waals surface area contributed by atoms with Gasteiger partial charge in [0, 0.05) is 5.56 Å². The normalized spacial score (nSPS) is 11.4. The number of ketones is 1. The molecular formula is C12H14O. The average molecular weight is 174 g/mol. The lowest BCUT2D eigenvalue weighted by atomic mass is 10.1. The third-order valence-corrected chi connectivity index (χ3v) is 1.99. The lowest BCUT2D eigenvalue weighted by Gasteiger charge is -1.96. The molecule has 0 aliphatic carbocycles. The highest BCUT2D eigenvalue weighted by molar-refractivity contribution is 6.04. The summed E-state index contributed by atoms with van der Waals surface area (Å²) in [5, 5.41) is 0. The van der Waals surface area contributed by atoms with Crippen LogP contribution in [0.5, 0.6) is 0 Å².